The summed E-state index contributed by atoms with van der Waals surface area (Å²) in [5.74, 6) is -1.64. The lowest BCUT2D eigenvalue weighted by molar-refractivity contribution is -0.152. The minimum Gasteiger partial charge on any atom is -0.451 e. The topological polar surface area (TPSA) is 102 Å². The fraction of sp³-hybridized carbons (Fsp3) is 0.333. The molecule has 0 saturated carbocycles. The zero-order valence-corrected chi connectivity index (χ0v) is 16.3. The highest BCUT2D eigenvalue weighted by atomic mass is 35.5. The van der Waals surface area contributed by atoms with E-state index in [4.69, 9.17) is 16.3 Å². The first kappa shape index (κ1) is 20.4. The van der Waals surface area contributed by atoms with Crippen LogP contribution in [0.3, 0.4) is 0 Å². The van der Waals surface area contributed by atoms with Crippen LogP contribution in [0, 0.1) is 13.8 Å². The lowest BCUT2D eigenvalue weighted by Crippen LogP contribution is -2.36. The van der Waals surface area contributed by atoms with Gasteiger partial charge in [-0.1, -0.05) is 11.6 Å². The van der Waals surface area contributed by atoms with E-state index in [2.05, 4.69) is 15.7 Å². The van der Waals surface area contributed by atoms with Crippen molar-refractivity contribution in [3.63, 3.8) is 0 Å². The van der Waals surface area contributed by atoms with Crippen LogP contribution in [0.4, 0.5) is 5.69 Å². The van der Waals surface area contributed by atoms with Gasteiger partial charge in [-0.2, -0.15) is 5.10 Å². The molecular weight excluding hydrogens is 372 g/mol. The van der Waals surface area contributed by atoms with Gasteiger partial charge in [0.25, 0.3) is 11.8 Å². The van der Waals surface area contributed by atoms with Gasteiger partial charge in [-0.25, -0.2) is 0 Å². The molecule has 2 rings (SSSR count). The number of nitrogens with one attached hydrogen (secondary N) is 2. The number of halogens is 1. The number of anilines is 1. The van der Waals surface area contributed by atoms with Gasteiger partial charge in [0, 0.05) is 17.6 Å². The molecule has 2 N–H and O–H groups in total. The molecule has 0 aliphatic carbocycles. The van der Waals surface area contributed by atoms with E-state index in [0.717, 1.165) is 5.69 Å². The monoisotopic (exact) mass is 392 g/mol. The number of esters is 1. The molecule has 0 bridgehead atoms. The first-order valence-corrected chi connectivity index (χ1v) is 8.61. The Morgan fingerprint density at radius 2 is 1.85 bits per heavy atom. The summed E-state index contributed by atoms with van der Waals surface area (Å²) in [4.78, 5) is 36.1. The predicted molar refractivity (Wildman–Crippen MR) is 101 cm³/mol. The van der Waals surface area contributed by atoms with Gasteiger partial charge in [-0.05, 0) is 45.0 Å². The van der Waals surface area contributed by atoms with Gasteiger partial charge in [0.05, 0.1) is 17.1 Å². The molecule has 9 heteroatoms. The first-order chi connectivity index (χ1) is 12.7. The van der Waals surface area contributed by atoms with Crippen LogP contribution >= 0.6 is 11.6 Å². The number of carbonyl (C=O) groups is 3. The van der Waals surface area contributed by atoms with Crippen molar-refractivity contribution in [1.82, 2.24) is 15.1 Å². The fourth-order valence-corrected chi connectivity index (χ4v) is 2.45. The summed E-state index contributed by atoms with van der Waals surface area (Å²) in [6, 6.07) is 6.22. The van der Waals surface area contributed by atoms with E-state index in [1.54, 1.807) is 30.8 Å². The van der Waals surface area contributed by atoms with Gasteiger partial charge in [0.2, 0.25) is 0 Å². The van der Waals surface area contributed by atoms with Crippen LogP contribution in [-0.2, 0) is 21.4 Å². The number of aryl methyl sites for hydroxylation is 2. The largest absolute Gasteiger partial charge is 0.451 e. The molecule has 0 unspecified atom stereocenters. The molecule has 0 radical (unpaired) electrons. The molecule has 1 atom stereocenters. The molecule has 0 fully saturated rings. The van der Waals surface area contributed by atoms with Gasteiger partial charge in [0.15, 0.2) is 6.10 Å². The van der Waals surface area contributed by atoms with Crippen molar-refractivity contribution in [2.24, 2.45) is 7.05 Å². The average molecular weight is 393 g/mol. The Labute approximate surface area is 161 Å². The second kappa shape index (κ2) is 8.68. The molecule has 2 aromatic rings. The van der Waals surface area contributed by atoms with Crippen molar-refractivity contribution < 1.29 is 19.1 Å². The highest BCUT2D eigenvalue weighted by Gasteiger charge is 2.21. The number of rotatable bonds is 6. The Kier molecular flexibility index (Phi) is 6.57. The number of carbonyl (C=O) groups excluding carboxylic acids is 3. The normalized spacial score (nSPS) is 11.6. The first-order valence-electron chi connectivity index (χ1n) is 8.23. The van der Waals surface area contributed by atoms with Crippen molar-refractivity contribution in [2.45, 2.75) is 26.9 Å². The molecule has 144 valence electrons. The van der Waals surface area contributed by atoms with E-state index >= 15 is 0 Å². The summed E-state index contributed by atoms with van der Waals surface area (Å²) in [7, 11) is 1.77. The Bertz CT molecular complexity index is 861. The third kappa shape index (κ3) is 5.30. The molecule has 0 saturated heterocycles. The molecule has 0 aliphatic heterocycles. The Morgan fingerprint density at radius 1 is 1.22 bits per heavy atom. The van der Waals surface area contributed by atoms with Crippen LogP contribution in [0.25, 0.3) is 0 Å². The average Bonchev–Trinajstić information content (AvgIpc) is 2.86. The van der Waals surface area contributed by atoms with Crippen LogP contribution in [0.2, 0.25) is 5.02 Å². The Morgan fingerprint density at radius 3 is 2.41 bits per heavy atom. The fourth-order valence-electron chi connectivity index (χ4n) is 2.33. The van der Waals surface area contributed by atoms with Crippen molar-refractivity contribution >= 4 is 35.1 Å². The lowest BCUT2D eigenvalue weighted by atomic mass is 10.2. The molecule has 0 aliphatic rings. The van der Waals surface area contributed by atoms with Gasteiger partial charge in [-0.3, -0.25) is 19.1 Å². The summed E-state index contributed by atoms with van der Waals surface area (Å²) in [6.45, 7) is 4.68. The van der Waals surface area contributed by atoms with Crippen LogP contribution in [0.15, 0.2) is 24.3 Å². The Balaban J connectivity index is 1.84. The maximum atomic E-state index is 12.2. The van der Waals surface area contributed by atoms with Crippen LogP contribution in [-0.4, -0.2) is 40.2 Å². The molecule has 0 spiro atoms. The number of amides is 2. The second-order valence-electron chi connectivity index (χ2n) is 5.98. The smallest absolute Gasteiger partial charge is 0.326 e. The van der Waals surface area contributed by atoms with E-state index < -0.39 is 23.9 Å². The van der Waals surface area contributed by atoms with Crippen LogP contribution < -0.4 is 10.6 Å². The van der Waals surface area contributed by atoms with Crippen LogP contribution in [0.5, 0.6) is 0 Å². The number of benzene rings is 1. The maximum Gasteiger partial charge on any atom is 0.326 e. The number of nitrogens with zero attached hydrogens (tertiary/aromatic N) is 2. The summed E-state index contributed by atoms with van der Waals surface area (Å²) in [6.07, 6.45) is -1.02. The minimum absolute atomic E-state index is 0.357. The lowest BCUT2D eigenvalue weighted by Gasteiger charge is -2.14. The van der Waals surface area contributed by atoms with Crippen molar-refractivity contribution in [3.05, 3.63) is 46.2 Å². The number of hydrogen-bond acceptors (Lipinski definition) is 5. The molecule has 8 nitrogen and oxygen atoms in total. The standard InChI is InChI=1S/C18H21ClN4O4/c1-10-16(11(2)23(4)22-10)21-17(25)12(3)27-15(24)9-20-18(26)13-5-7-14(19)8-6-13/h5-8,12H,9H2,1-4H3,(H,20,26)(H,21,25)/t12-/m1/s1. The van der Waals surface area contributed by atoms with E-state index in [0.29, 0.717) is 22.0 Å². The van der Waals surface area contributed by atoms with Crippen molar-refractivity contribution in [1.29, 1.82) is 0 Å². The van der Waals surface area contributed by atoms with Gasteiger partial charge < -0.3 is 15.4 Å². The number of ether oxygens (including phenoxy) is 1. The van der Waals surface area contributed by atoms with Gasteiger partial charge in [0.1, 0.15) is 6.54 Å². The molecule has 27 heavy (non-hydrogen) atoms. The molecular formula is C18H21ClN4O4. The summed E-state index contributed by atoms with van der Waals surface area (Å²) < 4.78 is 6.71. The van der Waals surface area contributed by atoms with Crippen molar-refractivity contribution in [2.75, 3.05) is 11.9 Å². The maximum absolute atomic E-state index is 12.2. The van der Waals surface area contributed by atoms with Crippen molar-refractivity contribution in [3.8, 4) is 0 Å². The quantitative estimate of drug-likeness (QED) is 0.732. The summed E-state index contributed by atoms with van der Waals surface area (Å²) in [5, 5.41) is 9.84. The highest BCUT2D eigenvalue weighted by molar-refractivity contribution is 6.30. The van der Waals surface area contributed by atoms with E-state index in [1.807, 2.05) is 6.92 Å². The molecule has 2 amide bonds. The predicted octanol–water partition coefficient (Wildman–Crippen LogP) is 1.99. The summed E-state index contributed by atoms with van der Waals surface area (Å²) >= 11 is 5.76. The van der Waals surface area contributed by atoms with Gasteiger partial charge in [-0.15, -0.1) is 0 Å². The minimum atomic E-state index is -1.02. The van der Waals surface area contributed by atoms with Crippen LogP contribution in [0.1, 0.15) is 28.7 Å². The SMILES string of the molecule is Cc1nn(C)c(C)c1NC(=O)[C@@H](C)OC(=O)CNC(=O)c1ccc(Cl)cc1. The molecule has 1 aromatic carbocycles. The Hall–Kier alpha value is -2.87. The number of hydrogen-bond donors (Lipinski definition) is 2. The highest BCUT2D eigenvalue weighted by Crippen LogP contribution is 2.18. The summed E-state index contributed by atoms with van der Waals surface area (Å²) in [5.41, 5.74) is 2.40. The number of aromatic nitrogens is 2. The van der Waals surface area contributed by atoms with E-state index in [-0.39, 0.29) is 6.54 Å². The third-order valence-electron chi connectivity index (χ3n) is 3.93. The zero-order valence-electron chi connectivity index (χ0n) is 15.5. The van der Waals surface area contributed by atoms with E-state index in [9.17, 15) is 14.4 Å². The van der Waals surface area contributed by atoms with Gasteiger partial charge >= 0.3 is 5.97 Å². The third-order valence-corrected chi connectivity index (χ3v) is 4.19. The molecule has 1 aromatic heterocycles. The molecule has 1 heterocycles. The second-order valence-corrected chi connectivity index (χ2v) is 6.42. The zero-order chi connectivity index (χ0) is 20.1. The van der Waals surface area contributed by atoms with E-state index in [1.165, 1.54) is 19.1 Å².